The van der Waals surface area contributed by atoms with E-state index in [-0.39, 0.29) is 23.9 Å². The van der Waals surface area contributed by atoms with Gasteiger partial charge >= 0.3 is 0 Å². The molecule has 0 bridgehead atoms. The van der Waals surface area contributed by atoms with E-state index in [1.165, 1.54) is 12.8 Å². The van der Waals surface area contributed by atoms with Crippen LogP contribution in [0.15, 0.2) is 0 Å². The first-order valence-electron chi connectivity index (χ1n) is 4.72. The van der Waals surface area contributed by atoms with E-state index >= 15 is 0 Å². The molecule has 3 N–H and O–H groups in total. The monoisotopic (exact) mass is 238 g/mol. The van der Waals surface area contributed by atoms with E-state index in [0.717, 1.165) is 12.8 Å². The van der Waals surface area contributed by atoms with Crippen LogP contribution in [-0.2, 0) is 4.79 Å². The van der Waals surface area contributed by atoms with Crippen LogP contribution in [0.2, 0.25) is 0 Å². The molecule has 0 aromatic heterocycles. The Kier molecular flexibility index (Phi) is 6.57. The van der Waals surface area contributed by atoms with Crippen molar-refractivity contribution >= 4 is 30.1 Å². The molecule has 0 aromatic rings. The predicted octanol–water partition coefficient (Wildman–Crippen LogP) is 1.16. The van der Waals surface area contributed by atoms with E-state index < -0.39 is 0 Å². The van der Waals surface area contributed by atoms with Crippen LogP contribution in [0.4, 0.5) is 0 Å². The van der Waals surface area contributed by atoms with E-state index in [9.17, 15) is 4.79 Å². The average molecular weight is 239 g/mol. The number of nitrogens with one attached hydrogen (secondary N) is 1. The van der Waals surface area contributed by atoms with Gasteiger partial charge in [0.05, 0.1) is 11.3 Å². The molecule has 0 saturated heterocycles. The lowest BCUT2D eigenvalue weighted by Crippen LogP contribution is -2.52. The molecule has 1 rings (SSSR count). The van der Waals surface area contributed by atoms with Gasteiger partial charge in [-0.05, 0) is 19.1 Å². The van der Waals surface area contributed by atoms with Gasteiger partial charge in [0.2, 0.25) is 5.91 Å². The molecule has 1 aliphatic rings. The van der Waals surface area contributed by atoms with Crippen LogP contribution in [0.1, 0.15) is 25.7 Å². The van der Waals surface area contributed by atoms with Crippen molar-refractivity contribution in [2.24, 2.45) is 5.73 Å². The summed E-state index contributed by atoms with van der Waals surface area (Å²) in [7, 11) is 0. The van der Waals surface area contributed by atoms with Crippen LogP contribution < -0.4 is 11.1 Å². The van der Waals surface area contributed by atoms with E-state index in [2.05, 4.69) is 5.32 Å². The number of hydrogen-bond donors (Lipinski definition) is 2. The Morgan fingerprint density at radius 1 is 1.50 bits per heavy atom. The highest BCUT2D eigenvalue weighted by Gasteiger charge is 2.33. The highest BCUT2D eigenvalue weighted by atomic mass is 35.5. The van der Waals surface area contributed by atoms with Crippen LogP contribution in [0.25, 0.3) is 0 Å². The molecule has 0 spiro atoms. The molecule has 0 aliphatic heterocycles. The zero-order valence-corrected chi connectivity index (χ0v) is 10.2. The highest BCUT2D eigenvalue weighted by molar-refractivity contribution is 7.99. The maximum absolute atomic E-state index is 11.4. The standard InChI is InChI=1S/C9H18N2OS.ClH/c1-13-6-8(12)11-9(7-10)4-2-3-5-9;/h2-7,10H2,1H3,(H,11,12);1H. The van der Waals surface area contributed by atoms with Crippen molar-refractivity contribution < 1.29 is 4.79 Å². The Hall–Kier alpha value is 0.0700. The first kappa shape index (κ1) is 14.1. The van der Waals surface area contributed by atoms with Gasteiger partial charge in [0.15, 0.2) is 0 Å². The molecule has 0 unspecified atom stereocenters. The third kappa shape index (κ3) is 3.67. The van der Waals surface area contributed by atoms with Crippen molar-refractivity contribution in [1.82, 2.24) is 5.32 Å². The fourth-order valence-corrected chi connectivity index (χ4v) is 2.23. The Morgan fingerprint density at radius 2 is 2.07 bits per heavy atom. The molecule has 1 fully saturated rings. The van der Waals surface area contributed by atoms with E-state index in [1.54, 1.807) is 11.8 Å². The molecule has 3 nitrogen and oxygen atoms in total. The summed E-state index contributed by atoms with van der Waals surface area (Å²) in [6.07, 6.45) is 6.41. The second-order valence-electron chi connectivity index (χ2n) is 3.67. The van der Waals surface area contributed by atoms with Crippen LogP contribution in [0.3, 0.4) is 0 Å². The first-order valence-corrected chi connectivity index (χ1v) is 6.12. The zero-order valence-electron chi connectivity index (χ0n) is 8.54. The molecule has 0 heterocycles. The highest BCUT2D eigenvalue weighted by Crippen LogP contribution is 2.28. The quantitative estimate of drug-likeness (QED) is 0.773. The molecule has 5 heteroatoms. The molecule has 84 valence electrons. The minimum Gasteiger partial charge on any atom is -0.349 e. The maximum Gasteiger partial charge on any atom is 0.230 e. The van der Waals surface area contributed by atoms with Crippen LogP contribution in [-0.4, -0.2) is 30.0 Å². The van der Waals surface area contributed by atoms with Crippen LogP contribution in [0.5, 0.6) is 0 Å². The van der Waals surface area contributed by atoms with E-state index in [4.69, 9.17) is 5.73 Å². The summed E-state index contributed by atoms with van der Waals surface area (Å²) < 4.78 is 0. The summed E-state index contributed by atoms with van der Waals surface area (Å²) in [6.45, 7) is 0.577. The van der Waals surface area contributed by atoms with Gasteiger partial charge in [-0.2, -0.15) is 11.8 Å². The maximum atomic E-state index is 11.4. The number of carbonyl (C=O) groups is 1. The lowest BCUT2D eigenvalue weighted by atomic mass is 9.98. The minimum atomic E-state index is -0.0766. The minimum absolute atomic E-state index is 0. The number of nitrogens with two attached hydrogens (primary N) is 1. The first-order chi connectivity index (χ1) is 6.22. The van der Waals surface area contributed by atoms with Crippen LogP contribution in [0, 0.1) is 0 Å². The lowest BCUT2D eigenvalue weighted by Gasteiger charge is -2.28. The summed E-state index contributed by atoms with van der Waals surface area (Å²) in [5.41, 5.74) is 5.62. The number of carbonyl (C=O) groups excluding carboxylic acids is 1. The molecule has 1 saturated carbocycles. The van der Waals surface area contributed by atoms with Crippen molar-refractivity contribution in [2.45, 2.75) is 31.2 Å². The number of thioether (sulfide) groups is 1. The lowest BCUT2D eigenvalue weighted by molar-refractivity contribution is -0.120. The van der Waals surface area contributed by atoms with Gasteiger partial charge < -0.3 is 11.1 Å². The second kappa shape index (κ2) is 6.53. The summed E-state index contributed by atoms with van der Waals surface area (Å²) in [5, 5.41) is 3.06. The zero-order chi connectivity index (χ0) is 9.73. The van der Waals surface area contributed by atoms with Gasteiger partial charge in [-0.15, -0.1) is 12.4 Å². The fraction of sp³-hybridized carbons (Fsp3) is 0.889. The van der Waals surface area contributed by atoms with Gasteiger partial charge in [-0.1, -0.05) is 12.8 Å². The topological polar surface area (TPSA) is 55.1 Å². The average Bonchev–Trinajstić information content (AvgIpc) is 2.54. The number of rotatable bonds is 4. The predicted molar refractivity (Wildman–Crippen MR) is 64.0 cm³/mol. The molecule has 1 amide bonds. The van der Waals surface area contributed by atoms with E-state index in [1.807, 2.05) is 6.26 Å². The molecular formula is C9H19ClN2OS. The van der Waals surface area contributed by atoms with Crippen molar-refractivity contribution in [3.05, 3.63) is 0 Å². The third-order valence-corrected chi connectivity index (χ3v) is 3.18. The van der Waals surface area contributed by atoms with Crippen molar-refractivity contribution in [1.29, 1.82) is 0 Å². The smallest absolute Gasteiger partial charge is 0.230 e. The summed E-state index contributed by atoms with van der Waals surface area (Å²) >= 11 is 1.55. The second-order valence-corrected chi connectivity index (χ2v) is 4.54. The normalized spacial score (nSPS) is 18.7. The summed E-state index contributed by atoms with van der Waals surface area (Å²) in [4.78, 5) is 11.4. The van der Waals surface area contributed by atoms with Gasteiger partial charge in [-0.25, -0.2) is 0 Å². The molecule has 1 aliphatic carbocycles. The van der Waals surface area contributed by atoms with Crippen LogP contribution >= 0.6 is 24.2 Å². The molecule has 0 radical (unpaired) electrons. The Balaban J connectivity index is 0.00000169. The van der Waals surface area contributed by atoms with Crippen molar-refractivity contribution in [2.75, 3.05) is 18.6 Å². The molecule has 14 heavy (non-hydrogen) atoms. The largest absolute Gasteiger partial charge is 0.349 e. The number of halogens is 1. The Labute approximate surface area is 96.0 Å². The Morgan fingerprint density at radius 3 is 2.50 bits per heavy atom. The molecule has 0 aromatic carbocycles. The third-order valence-electron chi connectivity index (χ3n) is 2.63. The van der Waals surface area contributed by atoms with Gasteiger partial charge in [-0.3, -0.25) is 4.79 Å². The summed E-state index contributed by atoms with van der Waals surface area (Å²) in [6, 6.07) is 0. The van der Waals surface area contributed by atoms with Gasteiger partial charge in [0.25, 0.3) is 0 Å². The van der Waals surface area contributed by atoms with E-state index in [0.29, 0.717) is 12.3 Å². The van der Waals surface area contributed by atoms with Crippen molar-refractivity contribution in [3.8, 4) is 0 Å². The SMILES string of the molecule is CSCC(=O)NC1(CN)CCCC1.Cl. The fourth-order valence-electron chi connectivity index (χ4n) is 1.89. The van der Waals surface area contributed by atoms with Crippen molar-refractivity contribution in [3.63, 3.8) is 0 Å². The number of amides is 1. The molecular weight excluding hydrogens is 220 g/mol. The Bertz CT molecular complexity index is 184. The van der Waals surface area contributed by atoms with Gasteiger partial charge in [0, 0.05) is 6.54 Å². The summed E-state index contributed by atoms with van der Waals surface area (Å²) in [5.74, 6) is 0.668. The molecule has 0 atom stereocenters. The van der Waals surface area contributed by atoms with Gasteiger partial charge in [0.1, 0.15) is 0 Å². The number of hydrogen-bond acceptors (Lipinski definition) is 3.